The number of rotatable bonds is 5. The quantitative estimate of drug-likeness (QED) is 0.591. The number of aryl methyl sites for hydroxylation is 2. The van der Waals surface area contributed by atoms with Crippen LogP contribution >= 0.6 is 0 Å². The first-order valence-electron chi connectivity index (χ1n) is 9.83. The summed E-state index contributed by atoms with van der Waals surface area (Å²) in [6.45, 7) is 5.33. The second-order valence-corrected chi connectivity index (χ2v) is 8.03. The standard InChI is InChI=1S/C20H27N3O4/c1-20(16-6-5-14-3-2-4-15(14)11-16)18(25)23(19(26)21-20)13-17(24)12-22-7-9-27-10-8-22/h5-6,11,17,24H,2-4,7-10,12-13H2,1H3,(H,21,26)/p+1/t17-,20+/m1/s1. The van der Waals surface area contributed by atoms with E-state index in [1.54, 1.807) is 6.92 Å². The van der Waals surface area contributed by atoms with Crippen molar-refractivity contribution in [2.75, 3.05) is 39.4 Å². The number of aliphatic hydroxyl groups excluding tert-OH is 1. The van der Waals surface area contributed by atoms with Gasteiger partial charge in [0.25, 0.3) is 5.91 Å². The highest BCUT2D eigenvalue weighted by Crippen LogP contribution is 2.32. The molecule has 1 aliphatic carbocycles. The van der Waals surface area contributed by atoms with E-state index in [0.29, 0.717) is 19.8 Å². The van der Waals surface area contributed by atoms with E-state index in [1.165, 1.54) is 16.0 Å². The van der Waals surface area contributed by atoms with E-state index in [0.717, 1.165) is 42.8 Å². The van der Waals surface area contributed by atoms with Gasteiger partial charge in [-0.15, -0.1) is 0 Å². The van der Waals surface area contributed by atoms with E-state index >= 15 is 0 Å². The number of carbonyl (C=O) groups is 2. The van der Waals surface area contributed by atoms with Crippen LogP contribution in [0.15, 0.2) is 18.2 Å². The minimum absolute atomic E-state index is 0.0234. The Balaban J connectivity index is 1.46. The van der Waals surface area contributed by atoms with Gasteiger partial charge in [0.1, 0.15) is 31.3 Å². The largest absolute Gasteiger partial charge is 0.385 e. The molecule has 0 unspecified atom stereocenters. The molecule has 27 heavy (non-hydrogen) atoms. The van der Waals surface area contributed by atoms with Crippen LogP contribution in [0.3, 0.4) is 0 Å². The minimum atomic E-state index is -1.07. The van der Waals surface area contributed by atoms with Gasteiger partial charge in [0.2, 0.25) is 0 Å². The molecule has 3 N–H and O–H groups in total. The molecule has 0 aromatic heterocycles. The van der Waals surface area contributed by atoms with Gasteiger partial charge in [-0.2, -0.15) is 0 Å². The van der Waals surface area contributed by atoms with Gasteiger partial charge in [-0.25, -0.2) is 4.79 Å². The minimum Gasteiger partial charge on any atom is -0.385 e. The summed E-state index contributed by atoms with van der Waals surface area (Å²) in [5, 5.41) is 13.3. The number of β-amino-alcohol motifs (C(OH)–C–C–N with tert-alkyl or cyclic N) is 1. The summed E-state index contributed by atoms with van der Waals surface area (Å²) in [6.07, 6.45) is 2.49. The molecule has 0 spiro atoms. The number of carbonyl (C=O) groups excluding carboxylic acids is 2. The van der Waals surface area contributed by atoms with Crippen molar-refractivity contribution >= 4 is 11.9 Å². The van der Waals surface area contributed by atoms with Crippen molar-refractivity contribution in [3.05, 3.63) is 34.9 Å². The first-order valence-corrected chi connectivity index (χ1v) is 9.83. The van der Waals surface area contributed by atoms with E-state index in [9.17, 15) is 14.7 Å². The molecule has 2 saturated heterocycles. The average molecular weight is 374 g/mol. The van der Waals surface area contributed by atoms with Crippen molar-refractivity contribution in [3.63, 3.8) is 0 Å². The number of imide groups is 1. The molecule has 0 saturated carbocycles. The summed E-state index contributed by atoms with van der Waals surface area (Å²) < 4.78 is 5.33. The lowest BCUT2D eigenvalue weighted by Crippen LogP contribution is -3.15. The second kappa shape index (κ2) is 7.22. The molecule has 3 amide bonds. The molecule has 4 rings (SSSR count). The lowest BCUT2D eigenvalue weighted by atomic mass is 9.89. The monoisotopic (exact) mass is 374 g/mol. The van der Waals surface area contributed by atoms with Crippen LogP contribution < -0.4 is 10.2 Å². The highest BCUT2D eigenvalue weighted by atomic mass is 16.5. The predicted molar refractivity (Wildman–Crippen MR) is 98.5 cm³/mol. The number of hydrogen-bond donors (Lipinski definition) is 3. The van der Waals surface area contributed by atoms with Crippen LogP contribution in [-0.4, -0.2) is 67.4 Å². The van der Waals surface area contributed by atoms with Crippen molar-refractivity contribution in [2.45, 2.75) is 37.8 Å². The lowest BCUT2D eigenvalue weighted by molar-refractivity contribution is -0.910. The fraction of sp³-hybridized carbons (Fsp3) is 0.600. The summed E-state index contributed by atoms with van der Waals surface area (Å²) >= 11 is 0. The molecule has 2 fully saturated rings. The zero-order chi connectivity index (χ0) is 19.0. The fourth-order valence-corrected chi connectivity index (χ4v) is 4.41. The van der Waals surface area contributed by atoms with Gasteiger partial charge in [0.15, 0.2) is 0 Å². The summed E-state index contributed by atoms with van der Waals surface area (Å²) in [4.78, 5) is 28.0. The molecule has 1 aromatic carbocycles. The third-order valence-corrected chi connectivity index (χ3v) is 6.07. The summed E-state index contributed by atoms with van der Waals surface area (Å²) in [6, 6.07) is 5.64. The second-order valence-electron chi connectivity index (χ2n) is 8.03. The number of nitrogens with one attached hydrogen (secondary N) is 2. The summed E-state index contributed by atoms with van der Waals surface area (Å²) in [5.74, 6) is -0.290. The highest BCUT2D eigenvalue weighted by molar-refractivity contribution is 6.07. The Morgan fingerprint density at radius 2 is 2.00 bits per heavy atom. The third kappa shape index (κ3) is 3.47. The number of aliphatic hydroxyl groups is 1. The molecule has 2 heterocycles. The van der Waals surface area contributed by atoms with Crippen LogP contribution in [-0.2, 0) is 27.9 Å². The van der Waals surface area contributed by atoms with Gasteiger partial charge >= 0.3 is 6.03 Å². The first-order chi connectivity index (χ1) is 13.0. The van der Waals surface area contributed by atoms with Crippen LogP contribution in [0.4, 0.5) is 4.79 Å². The first kappa shape index (κ1) is 18.4. The smallest absolute Gasteiger partial charge is 0.325 e. The van der Waals surface area contributed by atoms with Gasteiger partial charge in [-0.1, -0.05) is 18.2 Å². The Morgan fingerprint density at radius 3 is 2.78 bits per heavy atom. The average Bonchev–Trinajstić information content (AvgIpc) is 3.21. The van der Waals surface area contributed by atoms with Gasteiger partial charge in [0, 0.05) is 0 Å². The van der Waals surface area contributed by atoms with Gasteiger partial charge in [-0.05, 0) is 42.9 Å². The third-order valence-electron chi connectivity index (χ3n) is 6.07. The Morgan fingerprint density at radius 1 is 1.26 bits per heavy atom. The number of benzene rings is 1. The number of nitrogens with zero attached hydrogens (tertiary/aromatic N) is 1. The van der Waals surface area contributed by atoms with Crippen molar-refractivity contribution in [2.24, 2.45) is 0 Å². The van der Waals surface area contributed by atoms with Crippen molar-refractivity contribution < 1.29 is 24.3 Å². The number of amides is 3. The highest BCUT2D eigenvalue weighted by Gasteiger charge is 2.49. The number of ether oxygens (including phenoxy) is 1. The number of urea groups is 1. The Labute approximate surface area is 159 Å². The summed E-state index contributed by atoms with van der Waals surface area (Å²) in [7, 11) is 0. The van der Waals surface area contributed by atoms with Gasteiger partial charge in [0.05, 0.1) is 19.8 Å². The molecule has 2 atom stereocenters. The molecule has 146 valence electrons. The van der Waals surface area contributed by atoms with Crippen molar-refractivity contribution in [3.8, 4) is 0 Å². The topological polar surface area (TPSA) is 83.3 Å². The van der Waals surface area contributed by atoms with E-state index in [4.69, 9.17) is 4.74 Å². The molecule has 0 bridgehead atoms. The zero-order valence-electron chi connectivity index (χ0n) is 15.8. The maximum Gasteiger partial charge on any atom is 0.325 e. The molecule has 3 aliphatic rings. The van der Waals surface area contributed by atoms with Crippen LogP contribution in [0.2, 0.25) is 0 Å². The van der Waals surface area contributed by atoms with Crippen LogP contribution in [0, 0.1) is 0 Å². The molecule has 2 aliphatic heterocycles. The van der Waals surface area contributed by atoms with Gasteiger partial charge < -0.3 is 20.1 Å². The molecule has 1 aromatic rings. The SMILES string of the molecule is C[C@@]1(c2ccc3c(c2)CCC3)NC(=O)N(C[C@H](O)C[NH+]2CCOCC2)C1=O. The fourth-order valence-electron chi connectivity index (χ4n) is 4.41. The molecule has 7 nitrogen and oxygen atoms in total. The Hall–Kier alpha value is -1.96. The Kier molecular flexibility index (Phi) is 4.92. The van der Waals surface area contributed by atoms with Crippen molar-refractivity contribution in [1.82, 2.24) is 10.2 Å². The van der Waals surface area contributed by atoms with Crippen LogP contribution in [0.5, 0.6) is 0 Å². The van der Waals surface area contributed by atoms with E-state index < -0.39 is 17.7 Å². The Bertz CT molecular complexity index is 747. The van der Waals surface area contributed by atoms with Crippen LogP contribution in [0.1, 0.15) is 30.0 Å². The van der Waals surface area contributed by atoms with E-state index in [1.807, 2.05) is 6.07 Å². The molecular formula is C20H28N3O4+. The number of fused-ring (bicyclic) bond motifs is 1. The van der Waals surface area contributed by atoms with E-state index in [-0.39, 0.29) is 12.5 Å². The van der Waals surface area contributed by atoms with Crippen LogP contribution in [0.25, 0.3) is 0 Å². The van der Waals surface area contributed by atoms with Gasteiger partial charge in [-0.3, -0.25) is 9.69 Å². The van der Waals surface area contributed by atoms with E-state index in [2.05, 4.69) is 17.4 Å². The lowest BCUT2D eigenvalue weighted by Gasteiger charge is -2.27. The zero-order valence-corrected chi connectivity index (χ0v) is 15.8. The molecular weight excluding hydrogens is 346 g/mol. The van der Waals surface area contributed by atoms with Crippen molar-refractivity contribution in [1.29, 1.82) is 0 Å². The maximum atomic E-state index is 13.1. The normalized spacial score (nSPS) is 27.0. The molecule has 0 radical (unpaired) electrons. The summed E-state index contributed by atoms with van der Waals surface area (Å²) in [5.41, 5.74) is 2.35. The predicted octanol–water partition coefficient (Wildman–Crippen LogP) is -0.782. The number of quaternary nitrogens is 1. The molecule has 7 heteroatoms. The number of morpholine rings is 1. The number of hydrogen-bond acceptors (Lipinski definition) is 4. The maximum absolute atomic E-state index is 13.1.